The number of carbonyl (C=O) groups excluding carboxylic acids is 1. The zero-order valence-corrected chi connectivity index (χ0v) is 14.9. The summed E-state index contributed by atoms with van der Waals surface area (Å²) in [6, 6.07) is 1.64. The number of nitrogens with one attached hydrogen (secondary N) is 1. The number of hydrogen-bond acceptors (Lipinski definition) is 5. The fourth-order valence-electron chi connectivity index (χ4n) is 3.00. The lowest BCUT2D eigenvalue weighted by atomic mass is 10.1. The Balaban J connectivity index is 1.74. The Morgan fingerprint density at radius 1 is 1.33 bits per heavy atom. The molecular weight excluding hydrogens is 324 g/mol. The largest absolute Gasteiger partial charge is 0.300 e. The van der Waals surface area contributed by atoms with Gasteiger partial charge in [-0.1, -0.05) is 13.3 Å². The first-order valence-corrected chi connectivity index (χ1v) is 9.24. The molecule has 7 heteroatoms. The maximum absolute atomic E-state index is 12.2. The van der Waals surface area contributed by atoms with Crippen LogP contribution < -0.4 is 10.9 Å². The van der Waals surface area contributed by atoms with Gasteiger partial charge in [-0.05, 0) is 44.6 Å². The quantitative estimate of drug-likeness (QED) is 0.863. The average molecular weight is 346 g/mol. The van der Waals surface area contributed by atoms with Crippen LogP contribution in [0.5, 0.6) is 0 Å². The Morgan fingerprint density at radius 2 is 2.12 bits per heavy atom. The molecule has 3 rings (SSSR count). The molecule has 0 bridgehead atoms. The molecule has 1 aliphatic carbocycles. The fourth-order valence-corrected chi connectivity index (χ4v) is 3.91. The van der Waals surface area contributed by atoms with Gasteiger partial charge in [0.05, 0.1) is 11.4 Å². The Hall–Kier alpha value is -2.02. The molecule has 6 nitrogen and oxygen atoms in total. The summed E-state index contributed by atoms with van der Waals surface area (Å²) in [7, 11) is 0. The molecule has 2 heterocycles. The fraction of sp³-hybridized carbons (Fsp3) is 0.529. The summed E-state index contributed by atoms with van der Waals surface area (Å²) in [6.07, 6.45) is 5.97. The van der Waals surface area contributed by atoms with E-state index in [2.05, 4.69) is 15.4 Å². The van der Waals surface area contributed by atoms with Gasteiger partial charge in [-0.25, -0.2) is 9.67 Å². The standard InChI is InChI=1S/C17H22N4O2S/c1-3-13-11(2)24-17(18-13)19-15(22)10-21-16(23)9-12-7-5-4-6-8-14(12)20-21/h9H,3-8,10H2,1-2H3,(H,18,19,22). The third-order valence-electron chi connectivity index (χ3n) is 4.29. The molecule has 1 N–H and O–H groups in total. The summed E-state index contributed by atoms with van der Waals surface area (Å²) in [4.78, 5) is 29.9. The minimum absolute atomic E-state index is 0.0772. The zero-order chi connectivity index (χ0) is 17.1. The highest BCUT2D eigenvalue weighted by molar-refractivity contribution is 7.15. The van der Waals surface area contributed by atoms with E-state index in [0.29, 0.717) is 5.13 Å². The molecule has 0 aromatic carbocycles. The number of fused-ring (bicyclic) bond motifs is 1. The van der Waals surface area contributed by atoms with Gasteiger partial charge in [0.25, 0.3) is 5.56 Å². The van der Waals surface area contributed by atoms with Crippen LogP contribution in [0.25, 0.3) is 0 Å². The Bertz CT molecular complexity index is 809. The Kier molecular flexibility index (Phi) is 5.08. The first-order valence-electron chi connectivity index (χ1n) is 8.43. The maximum atomic E-state index is 12.2. The smallest absolute Gasteiger partial charge is 0.267 e. The third-order valence-corrected chi connectivity index (χ3v) is 5.22. The van der Waals surface area contributed by atoms with Crippen molar-refractivity contribution in [1.82, 2.24) is 14.8 Å². The van der Waals surface area contributed by atoms with E-state index >= 15 is 0 Å². The van der Waals surface area contributed by atoms with E-state index < -0.39 is 0 Å². The number of hydrogen-bond donors (Lipinski definition) is 1. The van der Waals surface area contributed by atoms with E-state index in [1.54, 1.807) is 6.07 Å². The maximum Gasteiger partial charge on any atom is 0.267 e. The minimum Gasteiger partial charge on any atom is -0.300 e. The van der Waals surface area contributed by atoms with Gasteiger partial charge in [-0.3, -0.25) is 9.59 Å². The second-order valence-electron chi connectivity index (χ2n) is 6.10. The van der Waals surface area contributed by atoms with E-state index in [-0.39, 0.29) is 18.0 Å². The molecule has 0 radical (unpaired) electrons. The summed E-state index contributed by atoms with van der Waals surface area (Å²) < 4.78 is 1.26. The van der Waals surface area contributed by atoms with Crippen molar-refractivity contribution in [3.05, 3.63) is 38.2 Å². The molecule has 0 saturated carbocycles. The van der Waals surface area contributed by atoms with Gasteiger partial charge in [-0.15, -0.1) is 11.3 Å². The molecular formula is C17H22N4O2S. The molecule has 128 valence electrons. The van der Waals surface area contributed by atoms with Crippen molar-refractivity contribution in [3.8, 4) is 0 Å². The molecule has 2 aromatic heterocycles. The van der Waals surface area contributed by atoms with E-state index in [1.165, 1.54) is 16.0 Å². The van der Waals surface area contributed by atoms with Crippen LogP contribution in [0, 0.1) is 6.92 Å². The van der Waals surface area contributed by atoms with Crippen molar-refractivity contribution in [3.63, 3.8) is 0 Å². The molecule has 0 saturated heterocycles. The van der Waals surface area contributed by atoms with E-state index in [9.17, 15) is 9.59 Å². The predicted molar refractivity (Wildman–Crippen MR) is 94.6 cm³/mol. The van der Waals surface area contributed by atoms with Crippen molar-refractivity contribution < 1.29 is 4.79 Å². The van der Waals surface area contributed by atoms with Crippen molar-refractivity contribution in [2.24, 2.45) is 0 Å². The highest BCUT2D eigenvalue weighted by Crippen LogP contribution is 2.22. The van der Waals surface area contributed by atoms with Crippen LogP contribution in [-0.4, -0.2) is 20.7 Å². The highest BCUT2D eigenvalue weighted by Gasteiger charge is 2.15. The van der Waals surface area contributed by atoms with Crippen LogP contribution in [0.2, 0.25) is 0 Å². The van der Waals surface area contributed by atoms with Crippen LogP contribution in [0.15, 0.2) is 10.9 Å². The van der Waals surface area contributed by atoms with Crippen LogP contribution >= 0.6 is 11.3 Å². The molecule has 2 aromatic rings. The first kappa shape index (κ1) is 16.8. The first-order chi connectivity index (χ1) is 11.6. The highest BCUT2D eigenvalue weighted by atomic mass is 32.1. The van der Waals surface area contributed by atoms with Crippen LogP contribution in [0.3, 0.4) is 0 Å². The van der Waals surface area contributed by atoms with E-state index in [0.717, 1.165) is 60.4 Å². The zero-order valence-electron chi connectivity index (χ0n) is 14.1. The lowest BCUT2D eigenvalue weighted by Crippen LogP contribution is -2.30. The SMILES string of the molecule is CCc1nc(NC(=O)Cn2nc3c(cc2=O)CCCCC3)sc1C. The van der Waals surface area contributed by atoms with Crippen molar-refractivity contribution in [1.29, 1.82) is 0 Å². The summed E-state index contributed by atoms with van der Waals surface area (Å²) in [5, 5.41) is 7.77. The molecule has 1 amide bonds. The number of rotatable bonds is 4. The van der Waals surface area contributed by atoms with Crippen LogP contribution in [0.1, 0.15) is 48.0 Å². The summed E-state index contributed by atoms with van der Waals surface area (Å²) in [6.45, 7) is 3.95. The molecule has 0 spiro atoms. The summed E-state index contributed by atoms with van der Waals surface area (Å²) >= 11 is 1.46. The minimum atomic E-state index is -0.269. The van der Waals surface area contributed by atoms with Crippen molar-refractivity contribution in [2.75, 3.05) is 5.32 Å². The van der Waals surface area contributed by atoms with Crippen molar-refractivity contribution in [2.45, 2.75) is 58.9 Å². The van der Waals surface area contributed by atoms with Gasteiger partial charge in [0.1, 0.15) is 6.54 Å². The number of anilines is 1. The second-order valence-corrected chi connectivity index (χ2v) is 7.30. The number of thiazole rings is 1. The second kappa shape index (κ2) is 7.25. The third kappa shape index (κ3) is 3.72. The molecule has 0 aliphatic heterocycles. The number of carbonyl (C=O) groups is 1. The summed E-state index contributed by atoms with van der Waals surface area (Å²) in [5.41, 5.74) is 2.78. The summed E-state index contributed by atoms with van der Waals surface area (Å²) in [5.74, 6) is -0.269. The van der Waals surface area contributed by atoms with Gasteiger partial charge >= 0.3 is 0 Å². The molecule has 24 heavy (non-hydrogen) atoms. The van der Waals surface area contributed by atoms with E-state index in [4.69, 9.17) is 0 Å². The number of nitrogens with zero attached hydrogens (tertiary/aromatic N) is 3. The van der Waals surface area contributed by atoms with Crippen molar-refractivity contribution >= 4 is 22.4 Å². The van der Waals surface area contributed by atoms with Crippen LogP contribution in [0.4, 0.5) is 5.13 Å². The van der Waals surface area contributed by atoms with Gasteiger partial charge in [-0.2, -0.15) is 5.10 Å². The molecule has 0 atom stereocenters. The lowest BCUT2D eigenvalue weighted by molar-refractivity contribution is -0.117. The van der Waals surface area contributed by atoms with Gasteiger partial charge < -0.3 is 5.32 Å². The topological polar surface area (TPSA) is 76.9 Å². The monoisotopic (exact) mass is 346 g/mol. The lowest BCUT2D eigenvalue weighted by Gasteiger charge is -2.09. The molecule has 0 fully saturated rings. The van der Waals surface area contributed by atoms with Gasteiger partial charge in [0.15, 0.2) is 5.13 Å². The predicted octanol–water partition coefficient (Wildman–Crippen LogP) is 2.48. The number of aromatic nitrogens is 3. The Labute approximate surface area is 144 Å². The normalized spacial score (nSPS) is 14.1. The van der Waals surface area contributed by atoms with E-state index in [1.807, 2.05) is 13.8 Å². The van der Waals surface area contributed by atoms with Crippen LogP contribution in [-0.2, 0) is 30.6 Å². The Morgan fingerprint density at radius 3 is 2.88 bits per heavy atom. The van der Waals surface area contributed by atoms with Gasteiger partial charge in [0.2, 0.25) is 5.91 Å². The molecule has 1 aliphatic rings. The average Bonchev–Trinajstić information content (AvgIpc) is 2.74. The number of aryl methyl sites for hydroxylation is 4. The molecule has 0 unspecified atom stereocenters. The number of amides is 1. The van der Waals surface area contributed by atoms with Gasteiger partial charge in [0, 0.05) is 10.9 Å².